The number of halogens is 1. The van der Waals surface area contributed by atoms with Gasteiger partial charge in [-0.1, -0.05) is 46.3 Å². The van der Waals surface area contributed by atoms with Gasteiger partial charge in [-0.05, 0) is 54.1 Å². The largest absolute Gasteiger partial charge is 0.480 e. The summed E-state index contributed by atoms with van der Waals surface area (Å²) in [6.07, 6.45) is 0. The summed E-state index contributed by atoms with van der Waals surface area (Å²) in [5.41, 5.74) is 0.307. The van der Waals surface area contributed by atoms with E-state index >= 15 is 0 Å². The first-order valence-corrected chi connectivity index (χ1v) is 10.1. The molecular formula is C19H16BrNO4S. The third-order valence-corrected chi connectivity index (χ3v) is 6.51. The Bertz CT molecular complexity index is 1060. The SMILES string of the molecule is CC(C(=O)O)N(c1ccc2ccccc2c1)S(=O)(=O)c1ccc(Br)cc1. The van der Waals surface area contributed by atoms with Gasteiger partial charge in [0.05, 0.1) is 10.6 Å². The zero-order chi connectivity index (χ0) is 18.9. The van der Waals surface area contributed by atoms with E-state index in [4.69, 9.17) is 0 Å². The summed E-state index contributed by atoms with van der Waals surface area (Å²) in [5, 5.41) is 11.2. The number of benzene rings is 3. The molecular weight excluding hydrogens is 418 g/mol. The Kier molecular flexibility index (Phi) is 5.02. The molecule has 1 N–H and O–H groups in total. The standard InChI is InChI=1S/C19H16BrNO4S/c1-13(19(22)23)21(26(24,25)18-10-7-16(20)8-11-18)17-9-6-14-4-2-3-5-15(14)12-17/h2-13H,1H3,(H,22,23). The Labute approximate surface area is 160 Å². The van der Waals surface area contributed by atoms with Crippen LogP contribution in [-0.2, 0) is 14.8 Å². The summed E-state index contributed by atoms with van der Waals surface area (Å²) in [6.45, 7) is 1.36. The number of sulfonamides is 1. The van der Waals surface area contributed by atoms with E-state index in [0.717, 1.165) is 19.6 Å². The van der Waals surface area contributed by atoms with Crippen LogP contribution in [0, 0.1) is 0 Å². The average molecular weight is 434 g/mol. The van der Waals surface area contributed by atoms with Gasteiger partial charge in [-0.25, -0.2) is 13.2 Å². The highest BCUT2D eigenvalue weighted by Gasteiger charge is 2.33. The first kappa shape index (κ1) is 18.4. The number of nitrogens with zero attached hydrogens (tertiary/aromatic N) is 1. The Morgan fingerprint density at radius 1 is 1.00 bits per heavy atom. The monoisotopic (exact) mass is 433 g/mol. The Balaban J connectivity index is 2.18. The Hall–Kier alpha value is -2.38. The third-order valence-electron chi connectivity index (χ3n) is 4.07. The number of aliphatic carboxylic acids is 1. The van der Waals surface area contributed by atoms with Crippen molar-refractivity contribution in [3.05, 3.63) is 71.2 Å². The second-order valence-corrected chi connectivity index (χ2v) is 8.53. The summed E-state index contributed by atoms with van der Waals surface area (Å²) in [7, 11) is -4.05. The zero-order valence-corrected chi connectivity index (χ0v) is 16.2. The molecule has 3 rings (SSSR count). The van der Waals surface area contributed by atoms with Crippen molar-refractivity contribution < 1.29 is 18.3 Å². The lowest BCUT2D eigenvalue weighted by molar-refractivity contribution is -0.137. The van der Waals surface area contributed by atoms with E-state index in [1.165, 1.54) is 19.1 Å². The minimum atomic E-state index is -4.05. The molecule has 0 amide bonds. The second kappa shape index (κ2) is 7.09. The molecule has 0 aliphatic carbocycles. The van der Waals surface area contributed by atoms with Gasteiger partial charge >= 0.3 is 5.97 Å². The van der Waals surface area contributed by atoms with Crippen molar-refractivity contribution in [2.45, 2.75) is 17.9 Å². The summed E-state index contributed by atoms with van der Waals surface area (Å²) in [5.74, 6) is -1.22. The summed E-state index contributed by atoms with van der Waals surface area (Å²) < 4.78 is 28.0. The molecule has 5 nitrogen and oxygen atoms in total. The van der Waals surface area contributed by atoms with E-state index in [0.29, 0.717) is 5.69 Å². The fourth-order valence-corrected chi connectivity index (χ4v) is 4.57. The smallest absolute Gasteiger partial charge is 0.327 e. The number of carboxylic acid groups (broad SMARTS) is 1. The molecule has 1 atom stereocenters. The van der Waals surface area contributed by atoms with Gasteiger partial charge in [-0.15, -0.1) is 0 Å². The van der Waals surface area contributed by atoms with Crippen molar-refractivity contribution in [1.29, 1.82) is 0 Å². The molecule has 3 aromatic carbocycles. The molecule has 0 radical (unpaired) electrons. The maximum Gasteiger partial charge on any atom is 0.327 e. The lowest BCUT2D eigenvalue weighted by Gasteiger charge is -2.28. The minimum Gasteiger partial charge on any atom is -0.480 e. The van der Waals surface area contributed by atoms with E-state index in [1.54, 1.807) is 30.3 Å². The predicted octanol–water partition coefficient (Wildman–Crippen LogP) is 4.27. The zero-order valence-electron chi connectivity index (χ0n) is 13.8. The molecule has 0 aliphatic rings. The number of carbonyl (C=O) groups is 1. The van der Waals surface area contributed by atoms with E-state index in [-0.39, 0.29) is 4.90 Å². The van der Waals surface area contributed by atoms with Crippen molar-refractivity contribution in [2.24, 2.45) is 0 Å². The fraction of sp³-hybridized carbons (Fsp3) is 0.105. The van der Waals surface area contributed by atoms with Crippen molar-refractivity contribution in [1.82, 2.24) is 0 Å². The van der Waals surface area contributed by atoms with Crippen LogP contribution in [0.3, 0.4) is 0 Å². The highest BCUT2D eigenvalue weighted by atomic mass is 79.9. The van der Waals surface area contributed by atoms with Gasteiger partial charge < -0.3 is 5.11 Å². The minimum absolute atomic E-state index is 0.0296. The van der Waals surface area contributed by atoms with Crippen molar-refractivity contribution in [3.8, 4) is 0 Å². The molecule has 0 aromatic heterocycles. The Morgan fingerprint density at radius 3 is 2.23 bits per heavy atom. The number of rotatable bonds is 5. The van der Waals surface area contributed by atoms with Gasteiger partial charge in [-0.2, -0.15) is 0 Å². The lowest BCUT2D eigenvalue weighted by atomic mass is 10.1. The molecule has 1 unspecified atom stereocenters. The molecule has 0 heterocycles. The lowest BCUT2D eigenvalue weighted by Crippen LogP contribution is -2.43. The van der Waals surface area contributed by atoms with Gasteiger partial charge in [0.1, 0.15) is 6.04 Å². The maximum atomic E-state index is 13.2. The van der Waals surface area contributed by atoms with Crippen LogP contribution < -0.4 is 4.31 Å². The predicted molar refractivity (Wildman–Crippen MR) is 105 cm³/mol. The summed E-state index contributed by atoms with van der Waals surface area (Å²) in [6, 6.07) is 17.4. The first-order chi connectivity index (χ1) is 12.3. The van der Waals surface area contributed by atoms with E-state index < -0.39 is 22.0 Å². The second-order valence-electron chi connectivity index (χ2n) is 5.80. The fourth-order valence-electron chi connectivity index (χ4n) is 2.70. The topological polar surface area (TPSA) is 74.7 Å². The normalized spacial score (nSPS) is 12.7. The molecule has 7 heteroatoms. The van der Waals surface area contributed by atoms with Gasteiger partial charge in [0.25, 0.3) is 10.0 Å². The Morgan fingerprint density at radius 2 is 1.62 bits per heavy atom. The molecule has 3 aromatic rings. The van der Waals surface area contributed by atoms with Gasteiger partial charge in [-0.3, -0.25) is 4.31 Å². The molecule has 0 saturated heterocycles. The van der Waals surface area contributed by atoms with Gasteiger partial charge in [0.15, 0.2) is 0 Å². The van der Waals surface area contributed by atoms with Gasteiger partial charge in [0.2, 0.25) is 0 Å². The highest BCUT2D eigenvalue weighted by molar-refractivity contribution is 9.10. The quantitative estimate of drug-likeness (QED) is 0.651. The van der Waals surface area contributed by atoms with E-state index in [1.807, 2.05) is 24.3 Å². The number of carboxylic acids is 1. The van der Waals surface area contributed by atoms with E-state index in [9.17, 15) is 18.3 Å². The number of hydrogen-bond donors (Lipinski definition) is 1. The van der Waals surface area contributed by atoms with Crippen LogP contribution in [-0.4, -0.2) is 25.5 Å². The molecule has 0 aliphatic heterocycles. The molecule has 0 spiro atoms. The van der Waals surface area contributed by atoms with Crippen LogP contribution in [0.5, 0.6) is 0 Å². The maximum absolute atomic E-state index is 13.2. The van der Waals surface area contributed by atoms with Crippen LogP contribution in [0.15, 0.2) is 76.1 Å². The summed E-state index contributed by atoms with van der Waals surface area (Å²) >= 11 is 3.27. The number of hydrogen-bond acceptors (Lipinski definition) is 3. The average Bonchev–Trinajstić information content (AvgIpc) is 2.61. The van der Waals surface area contributed by atoms with Gasteiger partial charge in [0, 0.05) is 4.47 Å². The van der Waals surface area contributed by atoms with Crippen LogP contribution in [0.25, 0.3) is 10.8 Å². The van der Waals surface area contributed by atoms with Crippen molar-refractivity contribution in [2.75, 3.05) is 4.31 Å². The van der Waals surface area contributed by atoms with E-state index in [2.05, 4.69) is 15.9 Å². The molecule has 26 heavy (non-hydrogen) atoms. The third kappa shape index (κ3) is 3.45. The van der Waals surface area contributed by atoms with Crippen molar-refractivity contribution >= 4 is 48.4 Å². The van der Waals surface area contributed by atoms with Crippen molar-refractivity contribution in [3.63, 3.8) is 0 Å². The highest BCUT2D eigenvalue weighted by Crippen LogP contribution is 2.30. The van der Waals surface area contributed by atoms with Crippen LogP contribution >= 0.6 is 15.9 Å². The first-order valence-electron chi connectivity index (χ1n) is 7.82. The van der Waals surface area contributed by atoms with Crippen LogP contribution in [0.2, 0.25) is 0 Å². The molecule has 0 bridgehead atoms. The summed E-state index contributed by atoms with van der Waals surface area (Å²) in [4.78, 5) is 11.6. The van der Waals surface area contributed by atoms with Crippen LogP contribution in [0.1, 0.15) is 6.92 Å². The molecule has 134 valence electrons. The molecule has 0 fully saturated rings. The number of anilines is 1. The van der Waals surface area contributed by atoms with Crippen LogP contribution in [0.4, 0.5) is 5.69 Å². The number of fused-ring (bicyclic) bond motifs is 1. The molecule has 0 saturated carbocycles.